The molecule has 5 nitrogen and oxygen atoms in total. The number of hydrogen-bond donors (Lipinski definition) is 3. The number of likely N-dealkylation sites (tertiary alicyclic amines) is 1. The van der Waals surface area contributed by atoms with Gasteiger partial charge >= 0.3 is 0 Å². The number of hydrogen-bond acceptors (Lipinski definition) is 4. The summed E-state index contributed by atoms with van der Waals surface area (Å²) in [5.41, 5.74) is 2.13. The van der Waals surface area contributed by atoms with Gasteiger partial charge in [-0.1, -0.05) is 6.42 Å². The maximum Gasteiger partial charge on any atom is 0.233 e. The zero-order chi connectivity index (χ0) is 11.8. The maximum absolute atomic E-state index is 10.8. The van der Waals surface area contributed by atoms with E-state index in [0.29, 0.717) is 6.42 Å². The fourth-order valence-electron chi connectivity index (χ4n) is 2.10. The van der Waals surface area contributed by atoms with E-state index in [1.165, 1.54) is 0 Å². The minimum Gasteiger partial charge on any atom is -0.392 e. The van der Waals surface area contributed by atoms with Crippen LogP contribution in [0.1, 0.15) is 38.5 Å². The number of carbonyl (C=O) groups is 1. The second kappa shape index (κ2) is 7.60. The molecule has 0 spiro atoms. The molecule has 0 bridgehead atoms. The molecule has 1 atom stereocenters. The molecule has 1 aliphatic heterocycles. The lowest BCUT2D eigenvalue weighted by Crippen LogP contribution is -2.38. The van der Waals surface area contributed by atoms with Crippen molar-refractivity contribution in [2.24, 2.45) is 5.84 Å². The molecule has 0 saturated carbocycles. The maximum atomic E-state index is 10.8. The first-order valence-corrected chi connectivity index (χ1v) is 6.12. The van der Waals surface area contributed by atoms with Gasteiger partial charge in [0.1, 0.15) is 0 Å². The van der Waals surface area contributed by atoms with Crippen LogP contribution in [0.4, 0.5) is 0 Å². The Bertz CT molecular complexity index is 211. The Labute approximate surface area is 97.0 Å². The van der Waals surface area contributed by atoms with E-state index in [9.17, 15) is 9.90 Å². The standard InChI is InChI=1S/C11H23N3O2/c12-13-11(16)6-2-1-3-7-14-8-4-5-10(15)9-14/h10,15H,1-9,12H2,(H,13,16). The van der Waals surface area contributed by atoms with E-state index in [1.807, 2.05) is 0 Å². The van der Waals surface area contributed by atoms with E-state index >= 15 is 0 Å². The molecule has 16 heavy (non-hydrogen) atoms. The predicted molar refractivity (Wildman–Crippen MR) is 62.5 cm³/mol. The zero-order valence-corrected chi connectivity index (χ0v) is 9.82. The third-order valence-electron chi connectivity index (χ3n) is 3.02. The molecule has 1 saturated heterocycles. The van der Waals surface area contributed by atoms with E-state index in [1.54, 1.807) is 0 Å². The summed E-state index contributed by atoms with van der Waals surface area (Å²) in [4.78, 5) is 13.1. The monoisotopic (exact) mass is 229 g/mol. The Morgan fingerprint density at radius 1 is 1.44 bits per heavy atom. The lowest BCUT2D eigenvalue weighted by molar-refractivity contribution is -0.121. The number of aliphatic hydroxyl groups excluding tert-OH is 1. The van der Waals surface area contributed by atoms with Gasteiger partial charge in [-0.25, -0.2) is 5.84 Å². The number of hydrazine groups is 1. The topological polar surface area (TPSA) is 78.6 Å². The van der Waals surface area contributed by atoms with E-state index in [4.69, 9.17) is 5.84 Å². The van der Waals surface area contributed by atoms with Gasteiger partial charge in [-0.3, -0.25) is 10.2 Å². The molecule has 94 valence electrons. The van der Waals surface area contributed by atoms with Crippen LogP contribution in [0, 0.1) is 0 Å². The highest BCUT2D eigenvalue weighted by Gasteiger charge is 2.16. The summed E-state index contributed by atoms with van der Waals surface area (Å²) in [6.45, 7) is 2.94. The number of carbonyl (C=O) groups excluding carboxylic acids is 1. The third kappa shape index (κ3) is 5.44. The van der Waals surface area contributed by atoms with Crippen molar-refractivity contribution in [3.63, 3.8) is 0 Å². The van der Waals surface area contributed by atoms with Gasteiger partial charge in [0.2, 0.25) is 5.91 Å². The second-order valence-corrected chi connectivity index (χ2v) is 4.47. The summed E-state index contributed by atoms with van der Waals surface area (Å²) < 4.78 is 0. The number of nitrogens with two attached hydrogens (primary N) is 1. The van der Waals surface area contributed by atoms with Crippen LogP contribution in [0.2, 0.25) is 0 Å². The first kappa shape index (κ1) is 13.4. The molecular formula is C11H23N3O2. The van der Waals surface area contributed by atoms with Gasteiger partial charge in [0.25, 0.3) is 0 Å². The van der Waals surface area contributed by atoms with Crippen molar-refractivity contribution in [2.75, 3.05) is 19.6 Å². The second-order valence-electron chi connectivity index (χ2n) is 4.47. The van der Waals surface area contributed by atoms with E-state index in [2.05, 4.69) is 10.3 Å². The highest BCUT2D eigenvalue weighted by atomic mass is 16.3. The van der Waals surface area contributed by atoms with E-state index in [0.717, 1.165) is 51.7 Å². The largest absolute Gasteiger partial charge is 0.392 e. The van der Waals surface area contributed by atoms with Gasteiger partial charge in [-0.15, -0.1) is 0 Å². The molecule has 0 aromatic heterocycles. The number of amides is 1. The molecule has 5 heteroatoms. The summed E-state index contributed by atoms with van der Waals surface area (Å²) in [6, 6.07) is 0. The van der Waals surface area contributed by atoms with Crippen LogP contribution in [0.3, 0.4) is 0 Å². The molecule has 1 fully saturated rings. The van der Waals surface area contributed by atoms with Crippen LogP contribution in [-0.2, 0) is 4.79 Å². The molecule has 0 aromatic rings. The molecule has 0 radical (unpaired) electrons. The lowest BCUT2D eigenvalue weighted by atomic mass is 10.1. The lowest BCUT2D eigenvalue weighted by Gasteiger charge is -2.29. The van der Waals surface area contributed by atoms with Crippen molar-refractivity contribution in [3.8, 4) is 0 Å². The fraction of sp³-hybridized carbons (Fsp3) is 0.909. The summed E-state index contributed by atoms with van der Waals surface area (Å²) >= 11 is 0. The average molecular weight is 229 g/mol. The summed E-state index contributed by atoms with van der Waals surface area (Å²) in [5.74, 6) is 4.89. The van der Waals surface area contributed by atoms with Crippen molar-refractivity contribution >= 4 is 5.91 Å². The highest BCUT2D eigenvalue weighted by molar-refractivity contribution is 5.74. The summed E-state index contributed by atoms with van der Waals surface area (Å²) in [7, 11) is 0. The van der Waals surface area contributed by atoms with E-state index < -0.39 is 0 Å². The zero-order valence-electron chi connectivity index (χ0n) is 9.82. The molecule has 1 amide bonds. The van der Waals surface area contributed by atoms with Crippen molar-refractivity contribution in [2.45, 2.75) is 44.6 Å². The number of piperidine rings is 1. The Morgan fingerprint density at radius 3 is 2.94 bits per heavy atom. The third-order valence-corrected chi connectivity index (χ3v) is 3.02. The number of unbranched alkanes of at least 4 members (excludes halogenated alkanes) is 2. The number of β-amino-alcohol motifs (C(OH)–C–C–N with tert-alkyl or cyclic N) is 1. The SMILES string of the molecule is NNC(=O)CCCCCN1CCCC(O)C1. The Morgan fingerprint density at radius 2 is 2.25 bits per heavy atom. The Hall–Kier alpha value is -0.650. The molecule has 0 aromatic carbocycles. The molecular weight excluding hydrogens is 206 g/mol. The van der Waals surface area contributed by atoms with Crippen molar-refractivity contribution in [1.82, 2.24) is 10.3 Å². The van der Waals surface area contributed by atoms with Gasteiger partial charge in [-0.2, -0.15) is 0 Å². The van der Waals surface area contributed by atoms with E-state index in [-0.39, 0.29) is 12.0 Å². The van der Waals surface area contributed by atoms with Gasteiger partial charge < -0.3 is 10.0 Å². The number of nitrogens with one attached hydrogen (secondary N) is 1. The Kier molecular flexibility index (Phi) is 6.37. The summed E-state index contributed by atoms with van der Waals surface area (Å²) in [6.07, 6.45) is 5.42. The van der Waals surface area contributed by atoms with Crippen molar-refractivity contribution < 1.29 is 9.90 Å². The molecule has 4 N–H and O–H groups in total. The van der Waals surface area contributed by atoms with Crippen LogP contribution in [-0.4, -0.2) is 41.7 Å². The minimum absolute atomic E-state index is 0.0894. The highest BCUT2D eigenvalue weighted by Crippen LogP contribution is 2.11. The number of nitrogens with zero attached hydrogens (tertiary/aromatic N) is 1. The molecule has 1 rings (SSSR count). The summed E-state index contributed by atoms with van der Waals surface area (Å²) in [5, 5.41) is 9.48. The predicted octanol–water partition coefficient (Wildman–Crippen LogP) is -0.00660. The molecule has 1 heterocycles. The Balaban J connectivity index is 1.96. The van der Waals surface area contributed by atoms with Gasteiger partial charge in [-0.05, 0) is 38.8 Å². The fourth-order valence-corrected chi connectivity index (χ4v) is 2.10. The van der Waals surface area contributed by atoms with Crippen LogP contribution in [0.15, 0.2) is 0 Å². The quantitative estimate of drug-likeness (QED) is 0.259. The van der Waals surface area contributed by atoms with Crippen LogP contribution < -0.4 is 11.3 Å². The average Bonchev–Trinajstić information content (AvgIpc) is 2.28. The first-order valence-electron chi connectivity index (χ1n) is 6.12. The van der Waals surface area contributed by atoms with Gasteiger partial charge in [0.05, 0.1) is 6.10 Å². The van der Waals surface area contributed by atoms with Crippen LogP contribution in [0.5, 0.6) is 0 Å². The smallest absolute Gasteiger partial charge is 0.233 e. The van der Waals surface area contributed by atoms with Crippen molar-refractivity contribution in [3.05, 3.63) is 0 Å². The number of rotatable bonds is 6. The normalized spacial score (nSPS) is 22.0. The molecule has 1 aliphatic rings. The molecule has 1 unspecified atom stereocenters. The van der Waals surface area contributed by atoms with Crippen LogP contribution >= 0.6 is 0 Å². The van der Waals surface area contributed by atoms with Crippen LogP contribution in [0.25, 0.3) is 0 Å². The molecule has 0 aliphatic carbocycles. The van der Waals surface area contributed by atoms with Gasteiger partial charge in [0.15, 0.2) is 0 Å². The van der Waals surface area contributed by atoms with Gasteiger partial charge in [0, 0.05) is 13.0 Å². The first-order chi connectivity index (χ1) is 7.72. The van der Waals surface area contributed by atoms with Crippen molar-refractivity contribution in [1.29, 1.82) is 0 Å². The minimum atomic E-state index is -0.142. The number of aliphatic hydroxyl groups is 1.